The molecule has 1 aliphatic heterocycles. The zero-order valence-electron chi connectivity index (χ0n) is 14.6. The van der Waals surface area contributed by atoms with Gasteiger partial charge < -0.3 is 25.2 Å². The fourth-order valence-electron chi connectivity index (χ4n) is 3.24. The highest BCUT2D eigenvalue weighted by atomic mass is 16.5. The zero-order chi connectivity index (χ0) is 17.8. The van der Waals surface area contributed by atoms with Crippen molar-refractivity contribution in [2.45, 2.75) is 32.1 Å². The monoisotopic (exact) mass is 344 g/mol. The quantitative estimate of drug-likeness (QED) is 0.888. The van der Waals surface area contributed by atoms with E-state index in [2.05, 4.69) is 10.5 Å². The van der Waals surface area contributed by atoms with E-state index in [0.717, 1.165) is 42.0 Å². The van der Waals surface area contributed by atoms with E-state index in [0.29, 0.717) is 24.9 Å². The van der Waals surface area contributed by atoms with E-state index in [1.54, 1.807) is 7.11 Å². The molecule has 2 heterocycles. The van der Waals surface area contributed by atoms with Crippen molar-refractivity contribution in [2.24, 2.45) is 0 Å². The van der Waals surface area contributed by atoms with Crippen molar-refractivity contribution >= 4 is 17.6 Å². The molecule has 0 aliphatic carbocycles. The summed E-state index contributed by atoms with van der Waals surface area (Å²) in [7, 11) is 1.62. The smallest absolute Gasteiger partial charge is 0.321 e. The Morgan fingerprint density at radius 1 is 1.36 bits per heavy atom. The highest BCUT2D eigenvalue weighted by Gasteiger charge is 2.28. The lowest BCUT2D eigenvalue weighted by Gasteiger charge is -2.31. The third-order valence-corrected chi connectivity index (χ3v) is 4.71. The fourth-order valence-corrected chi connectivity index (χ4v) is 3.24. The standard InChI is InChI=1S/C18H24N4O3/c1-3-15-16(21-25-17(15)19)12-8-10-22(11-9-12)18(23)20-13-4-6-14(24-2)7-5-13/h4-7,12H,3,8-11,19H2,1-2H3,(H,20,23). The number of carbonyl (C=O) groups excluding carboxylic acids is 1. The van der Waals surface area contributed by atoms with Gasteiger partial charge in [-0.2, -0.15) is 0 Å². The third kappa shape index (κ3) is 3.70. The molecule has 1 aromatic heterocycles. The number of nitrogens with zero attached hydrogens (tertiary/aromatic N) is 2. The molecule has 1 aromatic carbocycles. The van der Waals surface area contributed by atoms with Crippen molar-refractivity contribution in [2.75, 3.05) is 31.2 Å². The number of ether oxygens (including phenoxy) is 1. The van der Waals surface area contributed by atoms with Gasteiger partial charge in [-0.3, -0.25) is 0 Å². The average Bonchev–Trinajstić information content (AvgIpc) is 3.03. The van der Waals surface area contributed by atoms with Crippen molar-refractivity contribution in [3.8, 4) is 5.75 Å². The van der Waals surface area contributed by atoms with Gasteiger partial charge in [-0.1, -0.05) is 12.1 Å². The van der Waals surface area contributed by atoms with Gasteiger partial charge in [-0.15, -0.1) is 0 Å². The normalized spacial score (nSPS) is 15.2. The van der Waals surface area contributed by atoms with Gasteiger partial charge in [0.15, 0.2) is 0 Å². The van der Waals surface area contributed by atoms with Crippen LogP contribution in [-0.4, -0.2) is 36.3 Å². The summed E-state index contributed by atoms with van der Waals surface area (Å²) >= 11 is 0. The Labute approximate surface area is 147 Å². The summed E-state index contributed by atoms with van der Waals surface area (Å²) in [5, 5.41) is 7.05. The number of anilines is 2. The number of amides is 2. The van der Waals surface area contributed by atoms with E-state index in [9.17, 15) is 4.79 Å². The van der Waals surface area contributed by atoms with Crippen LogP contribution in [0.25, 0.3) is 0 Å². The predicted molar refractivity (Wildman–Crippen MR) is 95.9 cm³/mol. The number of rotatable bonds is 4. The lowest BCUT2D eigenvalue weighted by atomic mass is 9.90. The van der Waals surface area contributed by atoms with E-state index < -0.39 is 0 Å². The van der Waals surface area contributed by atoms with Crippen LogP contribution >= 0.6 is 0 Å². The van der Waals surface area contributed by atoms with Gasteiger partial charge in [0.05, 0.1) is 12.8 Å². The molecular weight excluding hydrogens is 320 g/mol. The molecule has 3 rings (SSSR count). The number of urea groups is 1. The van der Waals surface area contributed by atoms with Crippen molar-refractivity contribution in [1.82, 2.24) is 10.1 Å². The number of aromatic nitrogens is 1. The minimum absolute atomic E-state index is 0.0843. The van der Waals surface area contributed by atoms with Crippen LogP contribution in [0.5, 0.6) is 5.75 Å². The second kappa shape index (κ2) is 7.46. The fraction of sp³-hybridized carbons (Fsp3) is 0.444. The molecule has 3 N–H and O–H groups in total. The van der Waals surface area contributed by atoms with E-state index in [-0.39, 0.29) is 6.03 Å². The van der Waals surface area contributed by atoms with Crippen molar-refractivity contribution in [3.05, 3.63) is 35.5 Å². The maximum atomic E-state index is 12.4. The first-order valence-corrected chi connectivity index (χ1v) is 8.56. The largest absolute Gasteiger partial charge is 0.497 e. The summed E-state index contributed by atoms with van der Waals surface area (Å²) < 4.78 is 10.3. The number of nitrogens with two attached hydrogens (primary N) is 1. The maximum absolute atomic E-state index is 12.4. The Bertz CT molecular complexity index is 718. The molecule has 7 heteroatoms. The van der Waals surface area contributed by atoms with Gasteiger partial charge in [-0.25, -0.2) is 4.79 Å². The predicted octanol–water partition coefficient (Wildman–Crippen LogP) is 3.24. The van der Waals surface area contributed by atoms with Crippen LogP contribution in [0, 0.1) is 0 Å². The average molecular weight is 344 g/mol. The van der Waals surface area contributed by atoms with Crippen molar-refractivity contribution in [1.29, 1.82) is 0 Å². The number of nitrogens with one attached hydrogen (secondary N) is 1. The van der Waals surface area contributed by atoms with Crippen LogP contribution in [0.2, 0.25) is 0 Å². The first-order chi connectivity index (χ1) is 12.1. The summed E-state index contributed by atoms with van der Waals surface area (Å²) in [4.78, 5) is 14.3. The van der Waals surface area contributed by atoms with E-state index in [1.807, 2.05) is 36.1 Å². The second-order valence-corrected chi connectivity index (χ2v) is 6.18. The highest BCUT2D eigenvalue weighted by molar-refractivity contribution is 5.89. The van der Waals surface area contributed by atoms with Crippen LogP contribution in [0.4, 0.5) is 16.4 Å². The molecule has 0 saturated carbocycles. The molecule has 2 amide bonds. The summed E-state index contributed by atoms with van der Waals surface area (Å²) in [6.07, 6.45) is 2.52. The summed E-state index contributed by atoms with van der Waals surface area (Å²) in [6, 6.07) is 7.22. The van der Waals surface area contributed by atoms with Crippen LogP contribution in [-0.2, 0) is 6.42 Å². The van der Waals surface area contributed by atoms with Gasteiger partial charge in [0.25, 0.3) is 0 Å². The highest BCUT2D eigenvalue weighted by Crippen LogP contribution is 2.32. The number of nitrogen functional groups attached to an aromatic ring is 1. The minimum atomic E-state index is -0.0843. The number of hydrogen-bond acceptors (Lipinski definition) is 5. The minimum Gasteiger partial charge on any atom is -0.497 e. The lowest BCUT2D eigenvalue weighted by molar-refractivity contribution is 0.193. The van der Waals surface area contributed by atoms with Crippen LogP contribution < -0.4 is 15.8 Å². The molecule has 1 aliphatic rings. The molecule has 0 unspecified atom stereocenters. The molecule has 1 saturated heterocycles. The summed E-state index contributed by atoms with van der Waals surface area (Å²) in [5.74, 6) is 1.47. The third-order valence-electron chi connectivity index (χ3n) is 4.71. The number of carbonyl (C=O) groups is 1. The molecule has 2 aromatic rings. The van der Waals surface area contributed by atoms with E-state index in [1.165, 1.54) is 0 Å². The van der Waals surface area contributed by atoms with Crippen LogP contribution in [0.1, 0.15) is 36.9 Å². The maximum Gasteiger partial charge on any atom is 0.321 e. The molecule has 25 heavy (non-hydrogen) atoms. The molecule has 134 valence electrons. The van der Waals surface area contributed by atoms with Crippen LogP contribution in [0.3, 0.4) is 0 Å². The first kappa shape index (κ1) is 17.1. The molecule has 0 atom stereocenters. The van der Waals surface area contributed by atoms with E-state index in [4.69, 9.17) is 15.0 Å². The molecule has 0 bridgehead atoms. The first-order valence-electron chi connectivity index (χ1n) is 8.56. The number of benzene rings is 1. The Morgan fingerprint density at radius 3 is 2.64 bits per heavy atom. The summed E-state index contributed by atoms with van der Waals surface area (Å²) in [5.41, 5.74) is 8.54. The molecular formula is C18H24N4O3. The number of likely N-dealkylation sites (tertiary alicyclic amines) is 1. The molecule has 0 spiro atoms. The number of piperidine rings is 1. The Balaban J connectivity index is 1.56. The van der Waals surface area contributed by atoms with Gasteiger partial charge in [0.2, 0.25) is 5.88 Å². The SMILES string of the molecule is CCc1c(C2CCN(C(=O)Nc3ccc(OC)cc3)CC2)noc1N. The van der Waals surface area contributed by atoms with Crippen molar-refractivity contribution < 1.29 is 14.1 Å². The topological polar surface area (TPSA) is 93.6 Å². The Morgan fingerprint density at radius 2 is 2.04 bits per heavy atom. The van der Waals surface area contributed by atoms with E-state index >= 15 is 0 Å². The molecule has 7 nitrogen and oxygen atoms in total. The van der Waals surface area contributed by atoms with Gasteiger partial charge in [-0.05, 0) is 43.5 Å². The lowest BCUT2D eigenvalue weighted by Crippen LogP contribution is -2.40. The zero-order valence-corrected chi connectivity index (χ0v) is 14.6. The summed E-state index contributed by atoms with van der Waals surface area (Å²) in [6.45, 7) is 3.41. The Kier molecular flexibility index (Phi) is 5.11. The van der Waals surface area contributed by atoms with Gasteiger partial charge in [0, 0.05) is 30.3 Å². The van der Waals surface area contributed by atoms with Gasteiger partial charge in [0.1, 0.15) is 5.75 Å². The van der Waals surface area contributed by atoms with Crippen molar-refractivity contribution in [3.63, 3.8) is 0 Å². The Hall–Kier alpha value is -2.70. The second-order valence-electron chi connectivity index (χ2n) is 6.18. The number of hydrogen-bond donors (Lipinski definition) is 2. The molecule has 0 radical (unpaired) electrons. The molecule has 1 fully saturated rings. The number of methoxy groups -OCH3 is 1. The van der Waals surface area contributed by atoms with Gasteiger partial charge >= 0.3 is 6.03 Å². The van der Waals surface area contributed by atoms with Crippen LogP contribution in [0.15, 0.2) is 28.8 Å².